The van der Waals surface area contributed by atoms with Crippen LogP contribution in [0, 0.1) is 5.92 Å². The quantitative estimate of drug-likeness (QED) is 0.688. The monoisotopic (exact) mass is 282 g/mol. The van der Waals surface area contributed by atoms with Crippen molar-refractivity contribution in [1.29, 1.82) is 0 Å². The average molecular weight is 283 g/mol. The van der Waals surface area contributed by atoms with Crippen LogP contribution in [0.1, 0.15) is 23.2 Å². The van der Waals surface area contributed by atoms with Gasteiger partial charge in [-0.1, -0.05) is 11.6 Å². The van der Waals surface area contributed by atoms with Crippen molar-refractivity contribution in [2.75, 3.05) is 18.8 Å². The number of nitrogens with two attached hydrogens (primary N) is 1. The number of rotatable bonds is 5. The molecule has 0 saturated heterocycles. The summed E-state index contributed by atoms with van der Waals surface area (Å²) in [5, 5.41) is 5.67. The Kier molecular flexibility index (Phi) is 4.21. The number of carbonyl (C=O) groups is 2. The highest BCUT2D eigenvalue weighted by molar-refractivity contribution is 6.33. The molecule has 2 amide bonds. The number of nitrogens with zero attached hydrogens (tertiary/aromatic N) is 1. The Hall–Kier alpha value is -1.82. The zero-order valence-corrected chi connectivity index (χ0v) is 11.0. The van der Waals surface area contributed by atoms with Crippen molar-refractivity contribution in [3.8, 4) is 0 Å². The van der Waals surface area contributed by atoms with Crippen LogP contribution < -0.4 is 16.4 Å². The van der Waals surface area contributed by atoms with Crippen LogP contribution in [0.5, 0.6) is 0 Å². The van der Waals surface area contributed by atoms with Crippen molar-refractivity contribution in [2.24, 2.45) is 5.92 Å². The normalized spacial score (nSPS) is 13.9. The number of aromatic nitrogens is 1. The van der Waals surface area contributed by atoms with E-state index < -0.39 is 0 Å². The Bertz CT molecular complexity index is 503. The van der Waals surface area contributed by atoms with Crippen molar-refractivity contribution >= 4 is 29.2 Å². The number of pyridine rings is 1. The van der Waals surface area contributed by atoms with Gasteiger partial charge in [0, 0.05) is 25.2 Å². The lowest BCUT2D eigenvalue weighted by Gasteiger charge is -2.07. The summed E-state index contributed by atoms with van der Waals surface area (Å²) in [5.74, 6) is 0.132. The minimum atomic E-state index is -0.296. The van der Waals surface area contributed by atoms with Gasteiger partial charge in [-0.2, -0.15) is 0 Å². The van der Waals surface area contributed by atoms with Gasteiger partial charge >= 0.3 is 0 Å². The van der Waals surface area contributed by atoms with E-state index in [1.165, 1.54) is 12.3 Å². The van der Waals surface area contributed by atoms with Crippen molar-refractivity contribution < 1.29 is 9.59 Å². The van der Waals surface area contributed by atoms with Crippen molar-refractivity contribution in [2.45, 2.75) is 12.8 Å². The standard InChI is InChI=1S/C12H15ClN4O2/c13-9-5-8(6-17-10(9)14)12(19)16-4-3-15-11(18)7-1-2-7/h5-7H,1-4H2,(H2,14,17)(H,15,18)(H,16,19). The predicted octanol–water partition coefficient (Wildman–Crippen LogP) is 0.573. The number of halogens is 1. The van der Waals surface area contributed by atoms with Gasteiger partial charge in [0.25, 0.3) is 5.91 Å². The summed E-state index contributed by atoms with van der Waals surface area (Å²) in [7, 11) is 0. The van der Waals surface area contributed by atoms with Gasteiger partial charge in [-0.3, -0.25) is 9.59 Å². The molecule has 102 valence electrons. The second-order valence-electron chi connectivity index (χ2n) is 4.41. The summed E-state index contributed by atoms with van der Waals surface area (Å²) in [4.78, 5) is 26.9. The largest absolute Gasteiger partial charge is 0.382 e. The third-order valence-electron chi connectivity index (χ3n) is 2.79. The van der Waals surface area contributed by atoms with Crippen LogP contribution in [0.3, 0.4) is 0 Å². The van der Waals surface area contributed by atoms with Crippen LogP contribution >= 0.6 is 11.6 Å². The molecule has 1 aromatic heterocycles. The molecule has 1 aliphatic rings. The smallest absolute Gasteiger partial charge is 0.252 e. The van der Waals surface area contributed by atoms with E-state index in [2.05, 4.69) is 15.6 Å². The van der Waals surface area contributed by atoms with Crippen LogP contribution in [-0.2, 0) is 4.79 Å². The number of nitrogen functional groups attached to an aromatic ring is 1. The highest BCUT2D eigenvalue weighted by Crippen LogP contribution is 2.28. The fraction of sp³-hybridized carbons (Fsp3) is 0.417. The molecule has 6 nitrogen and oxygen atoms in total. The lowest BCUT2D eigenvalue weighted by molar-refractivity contribution is -0.122. The summed E-state index contributed by atoms with van der Waals surface area (Å²) in [5.41, 5.74) is 5.80. The van der Waals surface area contributed by atoms with E-state index >= 15 is 0 Å². The third kappa shape index (κ3) is 3.82. The van der Waals surface area contributed by atoms with Crippen molar-refractivity contribution in [3.63, 3.8) is 0 Å². The van der Waals surface area contributed by atoms with Crippen LogP contribution in [0.2, 0.25) is 5.02 Å². The van der Waals surface area contributed by atoms with Gasteiger partial charge in [-0.25, -0.2) is 4.98 Å². The maximum absolute atomic E-state index is 11.7. The van der Waals surface area contributed by atoms with Crippen molar-refractivity contribution in [1.82, 2.24) is 15.6 Å². The molecule has 1 heterocycles. The molecule has 0 atom stereocenters. The second-order valence-corrected chi connectivity index (χ2v) is 4.82. The molecule has 4 N–H and O–H groups in total. The number of anilines is 1. The fourth-order valence-electron chi connectivity index (χ4n) is 1.53. The Morgan fingerprint density at radius 2 is 2.05 bits per heavy atom. The zero-order chi connectivity index (χ0) is 13.8. The van der Waals surface area contributed by atoms with Crippen molar-refractivity contribution in [3.05, 3.63) is 22.8 Å². The highest BCUT2D eigenvalue weighted by atomic mass is 35.5. The molecule has 1 aromatic rings. The molecule has 0 unspecified atom stereocenters. The molecule has 0 spiro atoms. The Labute approximate surface area is 115 Å². The molecule has 1 saturated carbocycles. The number of amides is 2. The Morgan fingerprint density at radius 1 is 1.37 bits per heavy atom. The molecule has 0 aromatic carbocycles. The van der Waals surface area contributed by atoms with Gasteiger partial charge in [0.2, 0.25) is 5.91 Å². The topological polar surface area (TPSA) is 97.1 Å². The predicted molar refractivity (Wildman–Crippen MR) is 71.7 cm³/mol. The number of carbonyl (C=O) groups excluding carboxylic acids is 2. The molecular formula is C12H15ClN4O2. The first-order valence-corrected chi connectivity index (χ1v) is 6.42. The second kappa shape index (κ2) is 5.88. The van der Waals surface area contributed by atoms with Gasteiger partial charge < -0.3 is 16.4 Å². The molecule has 2 rings (SSSR count). The Balaban J connectivity index is 1.74. The van der Waals surface area contributed by atoms with Gasteiger partial charge in [0.1, 0.15) is 5.82 Å². The average Bonchev–Trinajstić information content (AvgIpc) is 3.21. The number of hydrogen-bond acceptors (Lipinski definition) is 4. The van der Waals surface area contributed by atoms with E-state index in [4.69, 9.17) is 17.3 Å². The van der Waals surface area contributed by atoms with E-state index in [0.717, 1.165) is 12.8 Å². The first kappa shape index (κ1) is 13.6. The van der Waals surface area contributed by atoms with E-state index in [9.17, 15) is 9.59 Å². The summed E-state index contributed by atoms with van der Waals surface area (Å²) in [6.45, 7) is 0.774. The highest BCUT2D eigenvalue weighted by Gasteiger charge is 2.28. The lowest BCUT2D eigenvalue weighted by Crippen LogP contribution is -2.35. The fourth-order valence-corrected chi connectivity index (χ4v) is 1.69. The van der Waals surface area contributed by atoms with Gasteiger partial charge in [0.05, 0.1) is 10.6 Å². The summed E-state index contributed by atoms with van der Waals surface area (Å²) < 4.78 is 0. The zero-order valence-electron chi connectivity index (χ0n) is 10.3. The molecule has 0 radical (unpaired) electrons. The maximum atomic E-state index is 11.7. The maximum Gasteiger partial charge on any atom is 0.252 e. The molecule has 1 aliphatic carbocycles. The number of hydrogen-bond donors (Lipinski definition) is 3. The minimum Gasteiger partial charge on any atom is -0.382 e. The van der Waals surface area contributed by atoms with E-state index in [-0.39, 0.29) is 28.6 Å². The van der Waals surface area contributed by atoms with Crippen LogP contribution in [0.15, 0.2) is 12.3 Å². The van der Waals surface area contributed by atoms with Crippen LogP contribution in [0.25, 0.3) is 0 Å². The minimum absolute atomic E-state index is 0.0615. The van der Waals surface area contributed by atoms with E-state index in [0.29, 0.717) is 18.7 Å². The third-order valence-corrected chi connectivity index (χ3v) is 3.09. The van der Waals surface area contributed by atoms with Crippen LogP contribution in [-0.4, -0.2) is 29.9 Å². The summed E-state index contributed by atoms with van der Waals surface area (Å²) in [6.07, 6.45) is 3.29. The van der Waals surface area contributed by atoms with E-state index in [1.807, 2.05) is 0 Å². The lowest BCUT2D eigenvalue weighted by atomic mass is 10.2. The molecule has 7 heteroatoms. The summed E-state index contributed by atoms with van der Waals surface area (Å²) >= 11 is 5.78. The summed E-state index contributed by atoms with van der Waals surface area (Å²) in [6, 6.07) is 1.46. The van der Waals surface area contributed by atoms with E-state index in [1.54, 1.807) is 0 Å². The first-order valence-electron chi connectivity index (χ1n) is 6.05. The van der Waals surface area contributed by atoms with Gasteiger partial charge in [-0.05, 0) is 18.9 Å². The van der Waals surface area contributed by atoms with Gasteiger partial charge in [0.15, 0.2) is 0 Å². The number of nitrogens with one attached hydrogen (secondary N) is 2. The molecule has 1 fully saturated rings. The molecular weight excluding hydrogens is 268 g/mol. The SMILES string of the molecule is Nc1ncc(C(=O)NCCNC(=O)C2CC2)cc1Cl. The molecule has 0 aliphatic heterocycles. The van der Waals surface area contributed by atoms with Gasteiger partial charge in [-0.15, -0.1) is 0 Å². The first-order chi connectivity index (χ1) is 9.08. The van der Waals surface area contributed by atoms with Crippen LogP contribution in [0.4, 0.5) is 5.82 Å². The molecule has 0 bridgehead atoms. The Morgan fingerprint density at radius 3 is 2.68 bits per heavy atom. The molecule has 19 heavy (non-hydrogen) atoms.